The number of anilines is 3. The molecular weight excluding hydrogens is 526 g/mol. The fourth-order valence-electron chi connectivity index (χ4n) is 4.99. The molecule has 0 radical (unpaired) electrons. The van der Waals surface area contributed by atoms with Crippen LogP contribution in [-0.2, 0) is 9.53 Å². The monoisotopic (exact) mass is 563 g/mol. The van der Waals surface area contributed by atoms with Gasteiger partial charge in [-0.05, 0) is 57.0 Å². The van der Waals surface area contributed by atoms with E-state index in [1.807, 2.05) is 11.0 Å². The van der Waals surface area contributed by atoms with Crippen LogP contribution in [0, 0.1) is 0 Å². The Morgan fingerprint density at radius 2 is 1.83 bits per heavy atom. The van der Waals surface area contributed by atoms with Gasteiger partial charge in [0.05, 0.1) is 13.2 Å². The molecule has 3 fully saturated rings. The molecule has 1 atom stereocenters. The van der Waals surface area contributed by atoms with Crippen LogP contribution < -0.4 is 16.4 Å². The molecule has 3 amide bonds. The van der Waals surface area contributed by atoms with Gasteiger partial charge in [0.1, 0.15) is 0 Å². The van der Waals surface area contributed by atoms with Gasteiger partial charge in [-0.2, -0.15) is 4.98 Å². The molecule has 41 heavy (non-hydrogen) atoms. The van der Waals surface area contributed by atoms with Crippen LogP contribution in [-0.4, -0.2) is 113 Å². The van der Waals surface area contributed by atoms with Crippen LogP contribution >= 0.6 is 0 Å². The van der Waals surface area contributed by atoms with Crippen molar-refractivity contribution in [3.63, 3.8) is 0 Å². The molecule has 3 aliphatic rings. The first-order valence-electron chi connectivity index (χ1n) is 14.1. The maximum absolute atomic E-state index is 12.8. The number of carbonyl (C=O) groups is 3. The average molecular weight is 564 g/mol. The van der Waals surface area contributed by atoms with Crippen molar-refractivity contribution in [3.05, 3.63) is 47.7 Å². The Bertz CT molecular complexity index is 1280. The summed E-state index contributed by atoms with van der Waals surface area (Å²) in [6.45, 7) is 4.14. The molecule has 218 valence electrons. The van der Waals surface area contributed by atoms with Crippen LogP contribution in [0.5, 0.6) is 0 Å². The van der Waals surface area contributed by atoms with Crippen LogP contribution in [0.25, 0.3) is 0 Å². The SMILES string of the molecule is CN(CC=CC(=O)N1CCC[C@@H](Nc2nnc(C(N)=O)c(Nc3ccc(C(=O)N4CCOCC4)cc3)n2)C1)C1CC1. The van der Waals surface area contributed by atoms with Gasteiger partial charge in [0, 0.05) is 62.1 Å². The number of nitrogens with two attached hydrogens (primary N) is 1. The Labute approximate surface area is 239 Å². The number of carbonyl (C=O) groups excluding carboxylic acids is 3. The fraction of sp³-hybridized carbons (Fsp3) is 0.500. The van der Waals surface area contributed by atoms with Crippen molar-refractivity contribution in [2.75, 3.05) is 63.6 Å². The van der Waals surface area contributed by atoms with E-state index in [4.69, 9.17) is 10.5 Å². The molecule has 2 aliphatic heterocycles. The predicted octanol–water partition coefficient (Wildman–Crippen LogP) is 1.24. The van der Waals surface area contributed by atoms with Gasteiger partial charge in [-0.3, -0.25) is 19.3 Å². The number of ether oxygens (including phenoxy) is 1. The third-order valence-electron chi connectivity index (χ3n) is 7.50. The highest BCUT2D eigenvalue weighted by molar-refractivity contribution is 5.97. The summed E-state index contributed by atoms with van der Waals surface area (Å²) >= 11 is 0. The van der Waals surface area contributed by atoms with Crippen molar-refractivity contribution in [2.24, 2.45) is 5.73 Å². The zero-order chi connectivity index (χ0) is 28.8. The van der Waals surface area contributed by atoms with Gasteiger partial charge in [0.25, 0.3) is 11.8 Å². The van der Waals surface area contributed by atoms with E-state index >= 15 is 0 Å². The molecule has 3 heterocycles. The van der Waals surface area contributed by atoms with Gasteiger partial charge in [0.15, 0.2) is 11.5 Å². The number of amides is 3. The summed E-state index contributed by atoms with van der Waals surface area (Å²) in [6, 6.07) is 7.46. The van der Waals surface area contributed by atoms with E-state index in [0.717, 1.165) is 19.4 Å². The highest BCUT2D eigenvalue weighted by Gasteiger charge is 2.26. The summed E-state index contributed by atoms with van der Waals surface area (Å²) in [6.07, 6.45) is 7.72. The number of hydrogen-bond donors (Lipinski definition) is 3. The standard InChI is InChI=1S/C28H37N9O4/c1-35(22-10-11-22)12-3-5-23(38)37-13-2-4-21(18-37)31-28-32-26(24(25(29)39)33-34-28)30-20-8-6-19(7-9-20)27(40)36-14-16-41-17-15-36/h3,5-9,21-22H,2,4,10-18H2,1H3,(H2,29,39)(H2,30,31,32,34)/t21-/m1/s1. The molecule has 0 bridgehead atoms. The Morgan fingerprint density at radius 1 is 1.07 bits per heavy atom. The molecule has 13 heteroatoms. The van der Waals surface area contributed by atoms with Crippen LogP contribution in [0.3, 0.4) is 0 Å². The summed E-state index contributed by atoms with van der Waals surface area (Å²) in [4.78, 5) is 47.8. The lowest BCUT2D eigenvalue weighted by atomic mass is 10.1. The first kappa shape index (κ1) is 28.4. The second-order valence-electron chi connectivity index (χ2n) is 10.6. The number of nitrogens with one attached hydrogen (secondary N) is 2. The molecule has 1 saturated carbocycles. The van der Waals surface area contributed by atoms with Gasteiger partial charge in [-0.1, -0.05) is 6.08 Å². The summed E-state index contributed by atoms with van der Waals surface area (Å²) in [5, 5.41) is 14.4. The highest BCUT2D eigenvalue weighted by Crippen LogP contribution is 2.25. The minimum absolute atomic E-state index is 0.0123. The molecule has 1 aromatic carbocycles. The second-order valence-corrected chi connectivity index (χ2v) is 10.6. The largest absolute Gasteiger partial charge is 0.378 e. The van der Waals surface area contributed by atoms with Gasteiger partial charge >= 0.3 is 0 Å². The maximum atomic E-state index is 12.8. The van der Waals surface area contributed by atoms with Crippen molar-refractivity contribution in [3.8, 4) is 0 Å². The molecule has 2 saturated heterocycles. The number of benzene rings is 1. The van der Waals surface area contributed by atoms with Crippen molar-refractivity contribution in [1.29, 1.82) is 0 Å². The number of nitrogens with zero attached hydrogens (tertiary/aromatic N) is 6. The smallest absolute Gasteiger partial charge is 0.273 e. The van der Waals surface area contributed by atoms with E-state index in [0.29, 0.717) is 56.7 Å². The Balaban J connectivity index is 1.21. The van der Waals surface area contributed by atoms with Crippen LogP contribution in [0.2, 0.25) is 0 Å². The average Bonchev–Trinajstić information content (AvgIpc) is 3.84. The van der Waals surface area contributed by atoms with Crippen LogP contribution in [0.15, 0.2) is 36.4 Å². The van der Waals surface area contributed by atoms with Gasteiger partial charge in [-0.25, -0.2) is 0 Å². The zero-order valence-corrected chi connectivity index (χ0v) is 23.3. The predicted molar refractivity (Wildman–Crippen MR) is 153 cm³/mol. The number of piperidine rings is 1. The number of likely N-dealkylation sites (N-methyl/N-ethyl adjacent to an activating group) is 1. The normalized spacial score (nSPS) is 19.4. The lowest BCUT2D eigenvalue weighted by Crippen LogP contribution is -2.44. The molecule has 5 rings (SSSR count). The number of rotatable bonds is 10. The Morgan fingerprint density at radius 3 is 2.54 bits per heavy atom. The first-order valence-corrected chi connectivity index (χ1v) is 14.1. The molecule has 1 aliphatic carbocycles. The quantitative estimate of drug-likeness (QED) is 0.359. The number of hydrogen-bond acceptors (Lipinski definition) is 10. The molecule has 1 aromatic heterocycles. The molecule has 2 aromatic rings. The van der Waals surface area contributed by atoms with Crippen molar-refractivity contribution in [2.45, 2.75) is 37.8 Å². The molecule has 0 spiro atoms. The van der Waals surface area contributed by atoms with E-state index in [9.17, 15) is 14.4 Å². The third-order valence-corrected chi connectivity index (χ3v) is 7.50. The number of morpholine rings is 1. The molecular formula is C28H37N9O4. The van der Waals surface area contributed by atoms with E-state index in [1.165, 1.54) is 12.8 Å². The number of likely N-dealkylation sites (tertiary alicyclic amines) is 1. The van der Waals surface area contributed by atoms with Crippen molar-refractivity contribution in [1.82, 2.24) is 29.9 Å². The lowest BCUT2D eigenvalue weighted by molar-refractivity contribution is -0.127. The number of aromatic nitrogens is 3. The minimum Gasteiger partial charge on any atom is -0.378 e. The zero-order valence-electron chi connectivity index (χ0n) is 23.3. The van der Waals surface area contributed by atoms with Crippen molar-refractivity contribution >= 4 is 35.2 Å². The molecule has 4 N–H and O–H groups in total. The summed E-state index contributed by atoms with van der Waals surface area (Å²) in [5.41, 5.74) is 6.57. The maximum Gasteiger partial charge on any atom is 0.273 e. The van der Waals surface area contributed by atoms with E-state index in [-0.39, 0.29) is 35.3 Å². The van der Waals surface area contributed by atoms with Gasteiger partial charge in [0.2, 0.25) is 11.9 Å². The summed E-state index contributed by atoms with van der Waals surface area (Å²) in [7, 11) is 2.08. The summed E-state index contributed by atoms with van der Waals surface area (Å²) < 4.78 is 5.32. The van der Waals surface area contributed by atoms with E-state index in [2.05, 4.69) is 37.8 Å². The first-order chi connectivity index (χ1) is 19.9. The van der Waals surface area contributed by atoms with Gasteiger partial charge < -0.3 is 30.9 Å². The Hall–Kier alpha value is -4.10. The minimum atomic E-state index is -0.772. The van der Waals surface area contributed by atoms with Crippen LogP contribution in [0.4, 0.5) is 17.5 Å². The topological polar surface area (TPSA) is 159 Å². The molecule has 13 nitrogen and oxygen atoms in total. The summed E-state index contributed by atoms with van der Waals surface area (Å²) in [5.74, 6) is -0.478. The van der Waals surface area contributed by atoms with Crippen molar-refractivity contribution < 1.29 is 19.1 Å². The number of primary amides is 1. The second kappa shape index (κ2) is 13.0. The lowest BCUT2D eigenvalue weighted by Gasteiger charge is -2.32. The van der Waals surface area contributed by atoms with Crippen LogP contribution in [0.1, 0.15) is 46.5 Å². The fourth-order valence-corrected chi connectivity index (χ4v) is 4.99. The molecule has 0 unspecified atom stereocenters. The third kappa shape index (κ3) is 7.55. The van der Waals surface area contributed by atoms with E-state index < -0.39 is 5.91 Å². The van der Waals surface area contributed by atoms with Gasteiger partial charge in [-0.15, -0.1) is 10.2 Å². The van der Waals surface area contributed by atoms with E-state index in [1.54, 1.807) is 35.2 Å². The highest BCUT2D eigenvalue weighted by atomic mass is 16.5. The Kier molecular flexibility index (Phi) is 9.04.